The van der Waals surface area contributed by atoms with Crippen molar-refractivity contribution in [3.63, 3.8) is 0 Å². The number of benzene rings is 1. The standard InChI is InChI=1S/C21H23ClF3N3O4/c1-30-16-7-12(8-17(31-2)18(16)32-3)10-27-20(29)15-5-4-6-28(15)19-14(22)9-13(11-26-19)21(23,24)25/h7-9,11,15H,4-6,10H2,1-3H3,(H,27,29)/t15-/m1/s1. The number of halogens is 4. The second kappa shape index (κ2) is 9.72. The van der Waals surface area contributed by atoms with Crippen molar-refractivity contribution in [2.45, 2.75) is 31.6 Å². The normalized spacial score (nSPS) is 16.1. The molecule has 1 fully saturated rings. The first-order chi connectivity index (χ1) is 15.2. The third-order valence-corrected chi connectivity index (χ3v) is 5.45. The van der Waals surface area contributed by atoms with Crippen LogP contribution in [0.4, 0.5) is 19.0 Å². The number of hydrogen-bond donors (Lipinski definition) is 1. The molecule has 3 rings (SSSR count). The lowest BCUT2D eigenvalue weighted by Crippen LogP contribution is -2.43. The summed E-state index contributed by atoms with van der Waals surface area (Å²) in [7, 11) is 4.49. The fourth-order valence-electron chi connectivity index (χ4n) is 3.63. The monoisotopic (exact) mass is 473 g/mol. The topological polar surface area (TPSA) is 72.9 Å². The van der Waals surface area contributed by atoms with Gasteiger partial charge in [-0.25, -0.2) is 4.98 Å². The van der Waals surface area contributed by atoms with Gasteiger partial charge >= 0.3 is 6.18 Å². The molecule has 0 unspecified atom stereocenters. The molecule has 1 aliphatic heterocycles. The number of alkyl halides is 3. The average Bonchev–Trinajstić information content (AvgIpc) is 3.25. The van der Waals surface area contributed by atoms with Crippen molar-refractivity contribution in [3.8, 4) is 17.2 Å². The van der Waals surface area contributed by atoms with Gasteiger partial charge in [0.15, 0.2) is 11.5 Å². The predicted molar refractivity (Wildman–Crippen MR) is 113 cm³/mol. The largest absolute Gasteiger partial charge is 0.493 e. The summed E-state index contributed by atoms with van der Waals surface area (Å²) >= 11 is 6.08. The van der Waals surface area contributed by atoms with Crippen LogP contribution in [0.5, 0.6) is 17.2 Å². The maximum absolute atomic E-state index is 12.9. The molecular weight excluding hydrogens is 451 g/mol. The zero-order chi connectivity index (χ0) is 23.5. The smallest absolute Gasteiger partial charge is 0.417 e. The highest BCUT2D eigenvalue weighted by Gasteiger charge is 2.35. The second-order valence-corrected chi connectivity index (χ2v) is 7.54. The van der Waals surface area contributed by atoms with Crippen LogP contribution < -0.4 is 24.4 Å². The maximum atomic E-state index is 12.9. The molecule has 0 spiro atoms. The van der Waals surface area contributed by atoms with Crippen molar-refractivity contribution < 1.29 is 32.2 Å². The van der Waals surface area contributed by atoms with E-state index in [0.717, 1.165) is 17.8 Å². The minimum atomic E-state index is -4.54. The van der Waals surface area contributed by atoms with Gasteiger partial charge in [0.2, 0.25) is 11.7 Å². The zero-order valence-corrected chi connectivity index (χ0v) is 18.5. The van der Waals surface area contributed by atoms with Crippen LogP contribution in [0.15, 0.2) is 24.4 Å². The Bertz CT molecular complexity index is 962. The van der Waals surface area contributed by atoms with Crippen LogP contribution in [0, 0.1) is 0 Å². The van der Waals surface area contributed by atoms with E-state index in [1.165, 1.54) is 21.3 Å². The number of nitrogens with zero attached hydrogens (tertiary/aromatic N) is 2. The van der Waals surface area contributed by atoms with E-state index in [9.17, 15) is 18.0 Å². The number of carbonyl (C=O) groups excluding carboxylic acids is 1. The second-order valence-electron chi connectivity index (χ2n) is 7.13. The molecule has 174 valence electrons. The molecule has 0 radical (unpaired) electrons. The maximum Gasteiger partial charge on any atom is 0.417 e. The molecule has 1 atom stereocenters. The van der Waals surface area contributed by atoms with E-state index in [2.05, 4.69) is 10.3 Å². The van der Waals surface area contributed by atoms with Gasteiger partial charge in [-0.2, -0.15) is 13.2 Å². The molecular formula is C21H23ClF3N3O4. The number of methoxy groups -OCH3 is 3. The molecule has 2 aromatic rings. The Morgan fingerprint density at radius 3 is 2.38 bits per heavy atom. The number of rotatable bonds is 7. The molecule has 1 aromatic heterocycles. The van der Waals surface area contributed by atoms with Crippen molar-refractivity contribution in [3.05, 3.63) is 40.5 Å². The number of nitrogens with one attached hydrogen (secondary N) is 1. The van der Waals surface area contributed by atoms with Gasteiger partial charge in [0.25, 0.3) is 0 Å². The summed E-state index contributed by atoms with van der Waals surface area (Å²) in [5.41, 5.74) is -0.211. The van der Waals surface area contributed by atoms with E-state index in [1.54, 1.807) is 17.0 Å². The molecule has 1 aliphatic rings. The fraction of sp³-hybridized carbons (Fsp3) is 0.429. The Labute approximate surface area is 188 Å². The van der Waals surface area contributed by atoms with E-state index in [4.69, 9.17) is 25.8 Å². The minimum Gasteiger partial charge on any atom is -0.493 e. The summed E-state index contributed by atoms with van der Waals surface area (Å²) in [4.78, 5) is 18.4. The van der Waals surface area contributed by atoms with Gasteiger partial charge in [-0.05, 0) is 36.6 Å². The molecule has 2 heterocycles. The molecule has 11 heteroatoms. The van der Waals surface area contributed by atoms with Crippen molar-refractivity contribution in [1.29, 1.82) is 0 Å². The molecule has 0 saturated carbocycles. The number of aromatic nitrogens is 1. The van der Waals surface area contributed by atoms with Crippen molar-refractivity contribution in [2.75, 3.05) is 32.8 Å². The van der Waals surface area contributed by atoms with Crippen LogP contribution in [0.1, 0.15) is 24.0 Å². The van der Waals surface area contributed by atoms with Crippen LogP contribution in [0.2, 0.25) is 5.02 Å². The quantitative estimate of drug-likeness (QED) is 0.653. The van der Waals surface area contributed by atoms with Crippen LogP contribution in [-0.2, 0) is 17.5 Å². The lowest BCUT2D eigenvalue weighted by atomic mass is 10.1. The molecule has 7 nitrogen and oxygen atoms in total. The van der Waals surface area contributed by atoms with E-state index in [-0.39, 0.29) is 23.3 Å². The highest BCUT2D eigenvalue weighted by molar-refractivity contribution is 6.33. The van der Waals surface area contributed by atoms with Gasteiger partial charge in [0.05, 0.1) is 31.9 Å². The molecule has 1 saturated heterocycles. The van der Waals surface area contributed by atoms with Crippen LogP contribution in [0.3, 0.4) is 0 Å². The lowest BCUT2D eigenvalue weighted by molar-refractivity contribution is -0.137. The van der Waals surface area contributed by atoms with Crippen molar-refractivity contribution in [2.24, 2.45) is 0 Å². The number of ether oxygens (including phenoxy) is 3. The minimum absolute atomic E-state index is 0.149. The van der Waals surface area contributed by atoms with Gasteiger partial charge in [-0.1, -0.05) is 11.6 Å². The van der Waals surface area contributed by atoms with Gasteiger partial charge in [0, 0.05) is 19.3 Å². The Morgan fingerprint density at radius 1 is 1.19 bits per heavy atom. The average molecular weight is 474 g/mol. The summed E-state index contributed by atoms with van der Waals surface area (Å²) in [6.07, 6.45) is -2.61. The molecule has 32 heavy (non-hydrogen) atoms. The number of hydrogen-bond acceptors (Lipinski definition) is 6. The number of amides is 1. The summed E-state index contributed by atoms with van der Waals surface area (Å²) < 4.78 is 54.6. The van der Waals surface area contributed by atoms with E-state index in [1.807, 2.05) is 0 Å². The van der Waals surface area contributed by atoms with Gasteiger partial charge in [-0.3, -0.25) is 4.79 Å². The first-order valence-electron chi connectivity index (χ1n) is 9.75. The zero-order valence-electron chi connectivity index (χ0n) is 17.8. The SMILES string of the molecule is COc1cc(CNC(=O)[C@H]2CCCN2c2ncc(C(F)(F)F)cc2Cl)cc(OC)c1OC. The van der Waals surface area contributed by atoms with Crippen molar-refractivity contribution >= 4 is 23.3 Å². The molecule has 1 amide bonds. The first-order valence-corrected chi connectivity index (χ1v) is 10.1. The van der Waals surface area contributed by atoms with Crippen LogP contribution >= 0.6 is 11.6 Å². The summed E-state index contributed by atoms with van der Waals surface area (Å²) in [6, 6.07) is 3.68. The summed E-state index contributed by atoms with van der Waals surface area (Å²) in [5, 5.41) is 2.70. The Balaban J connectivity index is 1.74. The fourth-order valence-corrected chi connectivity index (χ4v) is 3.91. The Morgan fingerprint density at radius 2 is 1.84 bits per heavy atom. The molecule has 1 aromatic carbocycles. The first kappa shape index (κ1) is 23.8. The summed E-state index contributed by atoms with van der Waals surface area (Å²) in [6.45, 7) is 0.647. The third-order valence-electron chi connectivity index (χ3n) is 5.17. The van der Waals surface area contributed by atoms with Crippen molar-refractivity contribution in [1.82, 2.24) is 10.3 Å². The number of anilines is 1. The molecule has 0 aliphatic carbocycles. The Hall–Kier alpha value is -2.88. The summed E-state index contributed by atoms with van der Waals surface area (Å²) in [5.74, 6) is 1.23. The third kappa shape index (κ3) is 4.95. The number of carbonyl (C=O) groups is 1. The van der Waals surface area contributed by atoms with Crippen LogP contribution in [-0.4, -0.2) is 44.8 Å². The van der Waals surface area contributed by atoms with Gasteiger partial charge in [-0.15, -0.1) is 0 Å². The Kier molecular flexibility index (Phi) is 7.22. The highest BCUT2D eigenvalue weighted by Crippen LogP contribution is 2.38. The van der Waals surface area contributed by atoms with Gasteiger partial charge < -0.3 is 24.4 Å². The lowest BCUT2D eigenvalue weighted by Gasteiger charge is -2.26. The van der Waals surface area contributed by atoms with E-state index < -0.39 is 17.8 Å². The number of pyridine rings is 1. The molecule has 1 N–H and O–H groups in total. The molecule has 0 bridgehead atoms. The predicted octanol–water partition coefficient (Wildman–Crippen LogP) is 4.06. The van der Waals surface area contributed by atoms with Crippen LogP contribution in [0.25, 0.3) is 0 Å². The van der Waals surface area contributed by atoms with E-state index in [0.29, 0.717) is 36.6 Å². The van der Waals surface area contributed by atoms with E-state index >= 15 is 0 Å². The highest BCUT2D eigenvalue weighted by atomic mass is 35.5. The van der Waals surface area contributed by atoms with Gasteiger partial charge in [0.1, 0.15) is 11.9 Å².